The first-order valence-electron chi connectivity index (χ1n) is 8.34. The summed E-state index contributed by atoms with van der Waals surface area (Å²) in [6.07, 6.45) is 5.03. The van der Waals surface area contributed by atoms with E-state index in [4.69, 9.17) is 4.42 Å². The second kappa shape index (κ2) is 8.80. The van der Waals surface area contributed by atoms with Crippen LogP contribution in [-0.2, 0) is 0 Å². The number of carboxylic acids is 1. The number of hydrogen-bond acceptors (Lipinski definition) is 5. The summed E-state index contributed by atoms with van der Waals surface area (Å²) in [7, 11) is 0. The average molecular weight is 360 g/mol. The average Bonchev–Trinajstić information content (AvgIpc) is 3.10. The molecule has 1 heterocycles. The molecule has 0 aliphatic rings. The van der Waals surface area contributed by atoms with E-state index in [-0.39, 0.29) is 28.1 Å². The molecule has 0 fully saturated rings. The van der Waals surface area contributed by atoms with Crippen molar-refractivity contribution in [3.05, 3.63) is 51.8 Å². The van der Waals surface area contributed by atoms with E-state index in [1.807, 2.05) is 0 Å². The van der Waals surface area contributed by atoms with Crippen LogP contribution in [0.25, 0.3) is 11.3 Å². The van der Waals surface area contributed by atoms with Crippen LogP contribution in [0.5, 0.6) is 0 Å². The zero-order valence-electron chi connectivity index (χ0n) is 14.4. The number of nitro benzene ring substituents is 1. The minimum atomic E-state index is -1.29. The lowest BCUT2D eigenvalue weighted by Gasteiger charge is -2.10. The fourth-order valence-electron chi connectivity index (χ4n) is 2.64. The van der Waals surface area contributed by atoms with Gasteiger partial charge in [-0.1, -0.05) is 32.3 Å². The number of nitro groups is 1. The number of benzene rings is 1. The Kier molecular flexibility index (Phi) is 6.48. The van der Waals surface area contributed by atoms with Gasteiger partial charge in [-0.05, 0) is 18.6 Å². The van der Waals surface area contributed by atoms with Gasteiger partial charge in [0.2, 0.25) is 0 Å². The second-order valence-electron chi connectivity index (χ2n) is 5.74. The van der Waals surface area contributed by atoms with Gasteiger partial charge in [-0.3, -0.25) is 14.9 Å². The number of carbonyl (C=O) groups excluding carboxylic acids is 1. The van der Waals surface area contributed by atoms with Crippen molar-refractivity contribution >= 4 is 17.6 Å². The van der Waals surface area contributed by atoms with Crippen LogP contribution in [-0.4, -0.2) is 28.5 Å². The molecule has 1 aromatic carbocycles. The Bertz CT molecular complexity index is 812. The van der Waals surface area contributed by atoms with Gasteiger partial charge < -0.3 is 14.8 Å². The lowest BCUT2D eigenvalue weighted by atomic mass is 9.99. The van der Waals surface area contributed by atoms with Gasteiger partial charge in [-0.2, -0.15) is 0 Å². The van der Waals surface area contributed by atoms with Crippen molar-refractivity contribution in [2.45, 2.75) is 32.6 Å². The summed E-state index contributed by atoms with van der Waals surface area (Å²) in [4.78, 5) is 34.6. The molecule has 8 heteroatoms. The highest BCUT2D eigenvalue weighted by Gasteiger charge is 2.28. The Morgan fingerprint density at radius 1 is 1.19 bits per heavy atom. The van der Waals surface area contributed by atoms with Crippen molar-refractivity contribution in [1.82, 2.24) is 5.32 Å². The fourth-order valence-corrected chi connectivity index (χ4v) is 2.64. The molecular weight excluding hydrogens is 340 g/mol. The molecule has 1 amide bonds. The van der Waals surface area contributed by atoms with Gasteiger partial charge in [-0.15, -0.1) is 0 Å². The third-order valence-electron chi connectivity index (χ3n) is 3.92. The summed E-state index contributed by atoms with van der Waals surface area (Å²) in [5.41, 5.74) is -0.754. The summed E-state index contributed by atoms with van der Waals surface area (Å²) in [5.74, 6) is -2.01. The summed E-state index contributed by atoms with van der Waals surface area (Å²) in [6.45, 7) is 2.52. The van der Waals surface area contributed by atoms with Gasteiger partial charge in [0.15, 0.2) is 5.76 Å². The van der Waals surface area contributed by atoms with Gasteiger partial charge in [-0.25, -0.2) is 4.79 Å². The first-order valence-corrected chi connectivity index (χ1v) is 8.34. The van der Waals surface area contributed by atoms with E-state index < -0.39 is 16.8 Å². The maximum Gasteiger partial charge on any atom is 0.339 e. The van der Waals surface area contributed by atoms with Crippen molar-refractivity contribution in [2.75, 3.05) is 6.54 Å². The SMILES string of the molecule is CCCCCCNC(=O)c1cccc([N+](=O)[O-])c1-c1occc1C(=O)O. The molecule has 0 bridgehead atoms. The molecule has 0 aliphatic carbocycles. The molecule has 26 heavy (non-hydrogen) atoms. The third kappa shape index (κ3) is 4.27. The van der Waals surface area contributed by atoms with Crippen LogP contribution in [0.4, 0.5) is 5.69 Å². The molecule has 0 saturated heterocycles. The quantitative estimate of drug-likeness (QED) is 0.398. The van der Waals surface area contributed by atoms with Crippen molar-refractivity contribution < 1.29 is 24.0 Å². The van der Waals surface area contributed by atoms with E-state index in [9.17, 15) is 24.8 Å². The van der Waals surface area contributed by atoms with Crippen molar-refractivity contribution in [3.63, 3.8) is 0 Å². The molecule has 2 aromatic rings. The van der Waals surface area contributed by atoms with E-state index in [1.165, 1.54) is 24.3 Å². The number of carboxylic acid groups (broad SMARTS) is 1. The zero-order chi connectivity index (χ0) is 19.1. The smallest absolute Gasteiger partial charge is 0.339 e. The molecule has 0 atom stereocenters. The molecule has 8 nitrogen and oxygen atoms in total. The van der Waals surface area contributed by atoms with Gasteiger partial charge in [0, 0.05) is 12.6 Å². The van der Waals surface area contributed by atoms with Crippen LogP contribution in [0.2, 0.25) is 0 Å². The Balaban J connectivity index is 2.39. The van der Waals surface area contributed by atoms with E-state index in [2.05, 4.69) is 12.2 Å². The molecule has 1 aromatic heterocycles. The van der Waals surface area contributed by atoms with Crippen LogP contribution in [0.1, 0.15) is 53.3 Å². The monoisotopic (exact) mass is 360 g/mol. The van der Waals surface area contributed by atoms with Crippen LogP contribution >= 0.6 is 0 Å². The predicted octanol–water partition coefficient (Wildman–Crippen LogP) is 3.86. The molecule has 138 valence electrons. The van der Waals surface area contributed by atoms with Crippen LogP contribution in [0.3, 0.4) is 0 Å². The van der Waals surface area contributed by atoms with E-state index in [0.29, 0.717) is 6.54 Å². The fraction of sp³-hybridized carbons (Fsp3) is 0.333. The molecule has 2 N–H and O–H groups in total. The highest BCUT2D eigenvalue weighted by molar-refractivity contribution is 6.05. The number of unbranched alkanes of at least 4 members (excludes halogenated alkanes) is 3. The second-order valence-corrected chi connectivity index (χ2v) is 5.74. The predicted molar refractivity (Wildman–Crippen MR) is 94.2 cm³/mol. The van der Waals surface area contributed by atoms with Gasteiger partial charge in [0.25, 0.3) is 11.6 Å². The van der Waals surface area contributed by atoms with E-state index >= 15 is 0 Å². The zero-order valence-corrected chi connectivity index (χ0v) is 14.4. The largest absolute Gasteiger partial charge is 0.478 e. The van der Waals surface area contributed by atoms with E-state index in [0.717, 1.165) is 31.9 Å². The number of carbonyl (C=O) groups is 2. The number of nitrogens with zero attached hydrogens (tertiary/aromatic N) is 1. The maximum atomic E-state index is 12.5. The molecule has 0 spiro atoms. The van der Waals surface area contributed by atoms with Gasteiger partial charge in [0.1, 0.15) is 11.1 Å². The summed E-state index contributed by atoms with van der Waals surface area (Å²) in [6, 6.07) is 5.21. The van der Waals surface area contributed by atoms with Crippen LogP contribution < -0.4 is 5.32 Å². The minimum absolute atomic E-state index is 0.00661. The molecule has 0 unspecified atom stereocenters. The summed E-state index contributed by atoms with van der Waals surface area (Å²) < 4.78 is 5.19. The molecule has 2 rings (SSSR count). The Morgan fingerprint density at radius 3 is 2.62 bits per heavy atom. The number of hydrogen-bond donors (Lipinski definition) is 2. The molecule has 0 radical (unpaired) electrons. The first-order chi connectivity index (χ1) is 12.5. The van der Waals surface area contributed by atoms with Crippen LogP contribution in [0.15, 0.2) is 34.9 Å². The first kappa shape index (κ1) is 19.2. The number of amides is 1. The molecular formula is C18H20N2O6. The number of furan rings is 1. The Hall–Kier alpha value is -3.16. The molecule has 0 aliphatic heterocycles. The van der Waals surface area contributed by atoms with Gasteiger partial charge in [0.05, 0.1) is 16.7 Å². The van der Waals surface area contributed by atoms with E-state index in [1.54, 1.807) is 0 Å². The van der Waals surface area contributed by atoms with Crippen LogP contribution in [0, 0.1) is 10.1 Å². The van der Waals surface area contributed by atoms with Crippen molar-refractivity contribution in [2.24, 2.45) is 0 Å². The number of rotatable bonds is 9. The normalized spacial score (nSPS) is 10.5. The van der Waals surface area contributed by atoms with Gasteiger partial charge >= 0.3 is 5.97 Å². The van der Waals surface area contributed by atoms with Crippen molar-refractivity contribution in [1.29, 1.82) is 0 Å². The van der Waals surface area contributed by atoms with Crippen molar-refractivity contribution in [3.8, 4) is 11.3 Å². The maximum absolute atomic E-state index is 12.5. The highest BCUT2D eigenvalue weighted by Crippen LogP contribution is 2.36. The molecule has 0 saturated carbocycles. The number of aromatic carboxylic acids is 1. The highest BCUT2D eigenvalue weighted by atomic mass is 16.6. The summed E-state index contributed by atoms with van der Waals surface area (Å²) >= 11 is 0. The minimum Gasteiger partial charge on any atom is -0.478 e. The third-order valence-corrected chi connectivity index (χ3v) is 3.92. The topological polar surface area (TPSA) is 123 Å². The number of nitrogens with one attached hydrogen (secondary N) is 1. The Labute approximate surface area is 150 Å². The Morgan fingerprint density at radius 2 is 1.96 bits per heavy atom. The lowest BCUT2D eigenvalue weighted by Crippen LogP contribution is -2.25. The summed E-state index contributed by atoms with van der Waals surface area (Å²) in [5, 5.41) is 23.4. The standard InChI is InChI=1S/C18H20N2O6/c1-2-3-4-5-10-19-17(21)12-7-6-8-14(20(24)25)15(12)16-13(18(22)23)9-11-26-16/h6-9,11H,2-5,10H2,1H3,(H,19,21)(H,22,23). The lowest BCUT2D eigenvalue weighted by molar-refractivity contribution is -0.384.